The van der Waals surface area contributed by atoms with Gasteiger partial charge >= 0.3 is 5.97 Å². The van der Waals surface area contributed by atoms with Crippen LogP contribution in [0.5, 0.6) is 5.75 Å². The summed E-state index contributed by atoms with van der Waals surface area (Å²) >= 11 is 1.72. The van der Waals surface area contributed by atoms with Gasteiger partial charge in [0.25, 0.3) is 0 Å². The van der Waals surface area contributed by atoms with Gasteiger partial charge in [-0.15, -0.1) is 11.3 Å². The highest BCUT2D eigenvalue weighted by Crippen LogP contribution is 2.41. The van der Waals surface area contributed by atoms with Crippen molar-refractivity contribution in [3.63, 3.8) is 0 Å². The molecule has 4 nitrogen and oxygen atoms in total. The quantitative estimate of drug-likeness (QED) is 0.220. The summed E-state index contributed by atoms with van der Waals surface area (Å²) in [6, 6.07) is 20.6. The van der Waals surface area contributed by atoms with E-state index in [1.165, 1.54) is 27.8 Å². The summed E-state index contributed by atoms with van der Waals surface area (Å²) in [4.78, 5) is 26.4. The molecule has 2 heterocycles. The predicted molar refractivity (Wildman–Crippen MR) is 130 cm³/mol. The van der Waals surface area contributed by atoms with Crippen molar-refractivity contribution in [2.75, 3.05) is 13.1 Å². The van der Waals surface area contributed by atoms with Crippen molar-refractivity contribution in [3.05, 3.63) is 91.5 Å². The fraction of sp³-hybridized carbons (Fsp3) is 0.111. The molecule has 1 aliphatic heterocycles. The number of benzene rings is 3. The number of hydrogen-bond acceptors (Lipinski definition) is 4. The smallest absolute Gasteiger partial charge is 0.335 e. The second-order valence-electron chi connectivity index (χ2n) is 7.87. The van der Waals surface area contributed by atoms with Crippen LogP contribution in [0, 0.1) is 0 Å². The van der Waals surface area contributed by atoms with E-state index in [0.29, 0.717) is 11.7 Å². The van der Waals surface area contributed by atoms with E-state index in [9.17, 15) is 9.59 Å². The number of ether oxygens (including phenoxy) is 1. The molecule has 0 spiro atoms. The van der Waals surface area contributed by atoms with E-state index in [0.717, 1.165) is 34.3 Å². The molecule has 1 aliphatic rings. The van der Waals surface area contributed by atoms with E-state index in [4.69, 9.17) is 4.74 Å². The maximum atomic E-state index is 11.8. The molecule has 1 fully saturated rings. The number of esters is 1. The third-order valence-corrected chi connectivity index (χ3v) is 7.00. The molecule has 0 bridgehead atoms. The Morgan fingerprint density at radius 3 is 2.56 bits per heavy atom. The Labute approximate surface area is 190 Å². The molecule has 32 heavy (non-hydrogen) atoms. The van der Waals surface area contributed by atoms with Crippen LogP contribution in [0.4, 0.5) is 0 Å². The van der Waals surface area contributed by atoms with E-state index in [-0.39, 0.29) is 5.91 Å². The largest absolute Gasteiger partial charge is 0.423 e. The van der Waals surface area contributed by atoms with Crippen LogP contribution in [-0.2, 0) is 9.59 Å². The normalized spacial score (nSPS) is 13.7. The average molecular weight is 440 g/mol. The summed E-state index contributed by atoms with van der Waals surface area (Å²) in [5.41, 5.74) is 2.28. The van der Waals surface area contributed by atoms with Crippen LogP contribution in [0.25, 0.3) is 31.3 Å². The van der Waals surface area contributed by atoms with Crippen LogP contribution < -0.4 is 4.74 Å². The number of hydrogen-bond donors (Lipinski definition) is 0. The third kappa shape index (κ3) is 3.61. The molecule has 0 atom stereocenters. The molecule has 5 rings (SSSR count). The topological polar surface area (TPSA) is 46.6 Å². The number of amides is 1. The number of rotatable bonds is 5. The van der Waals surface area contributed by atoms with Crippen molar-refractivity contribution >= 4 is 44.1 Å². The minimum atomic E-state index is -0.475. The van der Waals surface area contributed by atoms with Gasteiger partial charge in [0.1, 0.15) is 5.75 Å². The molecule has 0 unspecified atom stereocenters. The van der Waals surface area contributed by atoms with E-state index in [1.54, 1.807) is 11.3 Å². The molecule has 0 radical (unpaired) electrons. The first-order chi connectivity index (χ1) is 15.6. The lowest BCUT2D eigenvalue weighted by Gasteiger charge is -2.39. The molecule has 4 aromatic rings. The lowest BCUT2D eigenvalue weighted by Crippen LogP contribution is -2.47. The van der Waals surface area contributed by atoms with Crippen LogP contribution >= 0.6 is 11.3 Å². The Bertz CT molecular complexity index is 1390. The van der Waals surface area contributed by atoms with Crippen molar-refractivity contribution in [2.45, 2.75) is 5.92 Å². The first-order valence-corrected chi connectivity index (χ1v) is 11.2. The Morgan fingerprint density at radius 2 is 1.78 bits per heavy atom. The molecular weight excluding hydrogens is 418 g/mol. The van der Waals surface area contributed by atoms with Crippen molar-refractivity contribution in [3.8, 4) is 16.2 Å². The Hall–Kier alpha value is -3.70. The van der Waals surface area contributed by atoms with Gasteiger partial charge in [-0.2, -0.15) is 0 Å². The van der Waals surface area contributed by atoms with Crippen LogP contribution in [-0.4, -0.2) is 29.9 Å². The zero-order valence-electron chi connectivity index (χ0n) is 17.4. The highest BCUT2D eigenvalue weighted by atomic mass is 32.1. The van der Waals surface area contributed by atoms with Crippen molar-refractivity contribution in [2.24, 2.45) is 0 Å². The van der Waals surface area contributed by atoms with Gasteiger partial charge in [0.2, 0.25) is 5.91 Å². The molecule has 1 saturated heterocycles. The van der Waals surface area contributed by atoms with E-state index in [2.05, 4.69) is 43.5 Å². The Morgan fingerprint density at radius 1 is 0.969 bits per heavy atom. The number of nitrogens with zero attached hydrogens (tertiary/aromatic N) is 1. The van der Waals surface area contributed by atoms with Crippen molar-refractivity contribution in [1.29, 1.82) is 0 Å². The van der Waals surface area contributed by atoms with Gasteiger partial charge in [-0.1, -0.05) is 49.6 Å². The minimum Gasteiger partial charge on any atom is -0.423 e. The molecule has 158 valence electrons. The number of thiophene rings is 1. The van der Waals surface area contributed by atoms with Crippen LogP contribution in [0.3, 0.4) is 0 Å². The average Bonchev–Trinajstić information content (AvgIpc) is 3.20. The number of carbonyl (C=O) groups excluding carboxylic acids is 2. The molecule has 1 aromatic heterocycles. The molecule has 3 aromatic carbocycles. The second-order valence-corrected chi connectivity index (χ2v) is 8.95. The Kier molecular flexibility index (Phi) is 5.11. The molecule has 1 amide bonds. The SMILES string of the molecule is C=CC(=O)Oc1cc(-c2cc3ccc(C4CN(C(=O)C=C)C4)cc3s2)c2ccccc2c1. The first kappa shape index (κ1) is 20.2. The summed E-state index contributed by atoms with van der Waals surface area (Å²) < 4.78 is 6.63. The summed E-state index contributed by atoms with van der Waals surface area (Å²) in [7, 11) is 0. The maximum Gasteiger partial charge on any atom is 0.335 e. The van der Waals surface area contributed by atoms with Crippen LogP contribution in [0.15, 0.2) is 86.0 Å². The molecular formula is C27H21NO3S. The van der Waals surface area contributed by atoms with Crippen molar-refractivity contribution in [1.82, 2.24) is 4.90 Å². The second kappa shape index (κ2) is 8.09. The number of carbonyl (C=O) groups is 2. The lowest BCUT2D eigenvalue weighted by molar-refractivity contribution is -0.130. The summed E-state index contributed by atoms with van der Waals surface area (Å²) in [5.74, 6) is 0.376. The molecule has 0 saturated carbocycles. The highest BCUT2D eigenvalue weighted by Gasteiger charge is 2.30. The highest BCUT2D eigenvalue weighted by molar-refractivity contribution is 7.22. The maximum absolute atomic E-state index is 11.8. The number of fused-ring (bicyclic) bond motifs is 2. The zero-order valence-corrected chi connectivity index (χ0v) is 18.2. The summed E-state index contributed by atoms with van der Waals surface area (Å²) in [5, 5.41) is 3.29. The minimum absolute atomic E-state index is 0.00958. The van der Waals surface area contributed by atoms with Crippen molar-refractivity contribution < 1.29 is 14.3 Å². The van der Waals surface area contributed by atoms with Gasteiger partial charge in [0.05, 0.1) is 0 Å². The van der Waals surface area contributed by atoms with Crippen LogP contribution in [0.1, 0.15) is 11.5 Å². The zero-order chi connectivity index (χ0) is 22.2. The third-order valence-electron chi connectivity index (χ3n) is 5.87. The van der Waals surface area contributed by atoms with Crippen LogP contribution in [0.2, 0.25) is 0 Å². The molecule has 0 aliphatic carbocycles. The van der Waals surface area contributed by atoms with Gasteiger partial charge in [-0.3, -0.25) is 4.79 Å². The predicted octanol–water partition coefficient (Wildman–Crippen LogP) is 5.92. The van der Waals surface area contributed by atoms with Gasteiger partial charge in [-0.05, 0) is 52.1 Å². The Balaban J connectivity index is 1.52. The number of likely N-dealkylation sites (tertiary alicyclic amines) is 1. The summed E-state index contributed by atoms with van der Waals surface area (Å²) in [6.45, 7) is 8.51. The van der Waals surface area contributed by atoms with E-state index >= 15 is 0 Å². The first-order valence-electron chi connectivity index (χ1n) is 10.4. The molecule has 0 N–H and O–H groups in total. The fourth-order valence-corrected chi connectivity index (χ4v) is 5.28. The van der Waals surface area contributed by atoms with Gasteiger partial charge in [0, 0.05) is 40.2 Å². The van der Waals surface area contributed by atoms with E-state index < -0.39 is 5.97 Å². The molecule has 5 heteroatoms. The summed E-state index contributed by atoms with van der Waals surface area (Å²) in [6.07, 6.45) is 2.54. The van der Waals surface area contributed by atoms with Gasteiger partial charge in [-0.25, -0.2) is 4.79 Å². The lowest BCUT2D eigenvalue weighted by atomic mass is 9.91. The monoisotopic (exact) mass is 439 g/mol. The van der Waals surface area contributed by atoms with Gasteiger partial charge in [0.15, 0.2) is 0 Å². The standard InChI is InChI=1S/C27H21NO3S/c1-3-26(29)28-15-20(16-28)17-9-10-19-13-25(32-24(19)12-17)23-14-21(31-27(30)4-2)11-18-7-5-6-8-22(18)23/h3-14,20H,1-2,15-16H2. The fourth-order valence-electron chi connectivity index (χ4n) is 4.14. The van der Waals surface area contributed by atoms with Gasteiger partial charge < -0.3 is 9.64 Å². The van der Waals surface area contributed by atoms with E-state index in [1.807, 2.05) is 35.2 Å².